The van der Waals surface area contributed by atoms with Crippen molar-refractivity contribution in [2.45, 2.75) is 65.5 Å². The highest BCUT2D eigenvalue weighted by Gasteiger charge is 2.29. The average Bonchev–Trinajstić information content (AvgIpc) is 3.40. The molecular weight excluding hydrogens is 490 g/mol. The van der Waals surface area contributed by atoms with Crippen molar-refractivity contribution in [3.8, 4) is 5.75 Å². The molecule has 0 bridgehead atoms. The van der Waals surface area contributed by atoms with Gasteiger partial charge in [0.1, 0.15) is 23.2 Å². The van der Waals surface area contributed by atoms with Crippen LogP contribution >= 0.6 is 0 Å². The lowest BCUT2D eigenvalue weighted by Crippen LogP contribution is -2.38. The van der Waals surface area contributed by atoms with Crippen LogP contribution in [-0.4, -0.2) is 64.7 Å². The second kappa shape index (κ2) is 12.6. The van der Waals surface area contributed by atoms with Crippen LogP contribution in [0.5, 0.6) is 5.75 Å². The van der Waals surface area contributed by atoms with Crippen molar-refractivity contribution < 1.29 is 24.0 Å². The Hall–Kier alpha value is -3.89. The van der Waals surface area contributed by atoms with Gasteiger partial charge in [0, 0.05) is 38.7 Å². The second-order valence-electron chi connectivity index (χ2n) is 10.1. The van der Waals surface area contributed by atoms with Crippen LogP contribution in [0.25, 0.3) is 0 Å². The number of hydrogen-bond acceptors (Lipinski definition) is 9. The largest absolute Gasteiger partial charge is 0.458 e. The van der Waals surface area contributed by atoms with Gasteiger partial charge in [-0.3, -0.25) is 10.1 Å². The van der Waals surface area contributed by atoms with E-state index in [4.69, 9.17) is 9.47 Å². The number of pyridine rings is 1. The highest BCUT2D eigenvalue weighted by molar-refractivity contribution is 5.81. The molecule has 0 unspecified atom stereocenters. The van der Waals surface area contributed by atoms with Gasteiger partial charge >= 0.3 is 17.7 Å². The van der Waals surface area contributed by atoms with Crippen LogP contribution in [0.2, 0.25) is 0 Å². The summed E-state index contributed by atoms with van der Waals surface area (Å²) in [7, 11) is 0. The fraction of sp³-hybridized carbons (Fsp3) is 0.519. The number of benzene rings is 1. The lowest BCUT2D eigenvalue weighted by atomic mass is 10.0. The number of rotatable bonds is 10. The Balaban J connectivity index is 1.84. The molecule has 1 fully saturated rings. The number of anilines is 2. The molecule has 0 spiro atoms. The lowest BCUT2D eigenvalue weighted by molar-refractivity contribution is -0.384. The third-order valence-electron chi connectivity index (χ3n) is 6.08. The van der Waals surface area contributed by atoms with E-state index in [1.54, 1.807) is 56.0 Å². The normalized spacial score (nSPS) is 14.1. The summed E-state index contributed by atoms with van der Waals surface area (Å²) in [5, 5.41) is 14.7. The molecule has 0 radical (unpaired) electrons. The quantitative estimate of drug-likeness (QED) is 0.263. The zero-order chi connectivity index (χ0) is 27.9. The standard InChI is InChI=1S/C27H37N5O6/c1-6-30(7-2)23-15-14-22(32(35)36)24(29-23)28-21(25(33)38-27(3,4)5)18-19-10-12-20(13-11-19)37-26(34)31-16-8-9-17-31/h10-15,21H,6-9,16-18H2,1-5H3,(H,28,29)/t21-/m0/s1. The zero-order valence-electron chi connectivity index (χ0n) is 22.7. The first-order valence-corrected chi connectivity index (χ1v) is 13.0. The van der Waals surface area contributed by atoms with Crippen LogP contribution < -0.4 is 15.0 Å². The van der Waals surface area contributed by atoms with E-state index in [1.807, 2.05) is 18.7 Å². The van der Waals surface area contributed by atoms with E-state index in [9.17, 15) is 19.7 Å². The first-order valence-electron chi connectivity index (χ1n) is 13.0. The second-order valence-corrected chi connectivity index (χ2v) is 10.1. The molecule has 2 aromatic rings. The summed E-state index contributed by atoms with van der Waals surface area (Å²) in [4.78, 5) is 44.8. The summed E-state index contributed by atoms with van der Waals surface area (Å²) < 4.78 is 11.1. The number of amides is 1. The molecule has 2 heterocycles. The third-order valence-corrected chi connectivity index (χ3v) is 6.08. The topological polar surface area (TPSA) is 127 Å². The Bertz CT molecular complexity index is 1120. The first kappa shape index (κ1) is 28.7. The Morgan fingerprint density at radius 2 is 1.74 bits per heavy atom. The summed E-state index contributed by atoms with van der Waals surface area (Å²) in [5.41, 5.74) is -0.247. The predicted molar refractivity (Wildman–Crippen MR) is 145 cm³/mol. The van der Waals surface area contributed by atoms with Crippen LogP contribution in [0.15, 0.2) is 36.4 Å². The Morgan fingerprint density at radius 1 is 1.11 bits per heavy atom. The fourth-order valence-corrected chi connectivity index (χ4v) is 4.14. The summed E-state index contributed by atoms with van der Waals surface area (Å²) in [6, 6.07) is 8.86. The Labute approximate surface area is 223 Å². The maximum atomic E-state index is 13.2. The van der Waals surface area contributed by atoms with Crippen molar-refractivity contribution >= 4 is 29.4 Å². The molecule has 38 heavy (non-hydrogen) atoms. The molecule has 11 heteroatoms. The molecule has 1 aromatic carbocycles. The van der Waals surface area contributed by atoms with Crippen molar-refractivity contribution in [3.05, 3.63) is 52.1 Å². The van der Waals surface area contributed by atoms with Gasteiger partial charge in [0.05, 0.1) is 4.92 Å². The summed E-state index contributed by atoms with van der Waals surface area (Å²) in [6.07, 6.45) is 1.73. The van der Waals surface area contributed by atoms with Crippen LogP contribution in [-0.2, 0) is 16.0 Å². The first-order chi connectivity index (χ1) is 18.0. The number of nitro groups is 1. The number of ether oxygens (including phenoxy) is 2. The number of esters is 1. The van der Waals surface area contributed by atoms with Gasteiger partial charge in [0.2, 0.25) is 5.82 Å². The van der Waals surface area contributed by atoms with Crippen LogP contribution in [0.1, 0.15) is 53.0 Å². The number of likely N-dealkylation sites (tertiary alicyclic amines) is 1. The molecule has 3 rings (SSSR count). The molecule has 1 N–H and O–H groups in total. The maximum absolute atomic E-state index is 13.2. The lowest BCUT2D eigenvalue weighted by Gasteiger charge is -2.26. The van der Waals surface area contributed by atoms with E-state index in [0.29, 0.717) is 37.7 Å². The number of nitrogens with zero attached hydrogens (tertiary/aromatic N) is 4. The molecule has 0 aliphatic carbocycles. The van der Waals surface area contributed by atoms with E-state index < -0.39 is 22.5 Å². The van der Waals surface area contributed by atoms with Crippen LogP contribution in [0.3, 0.4) is 0 Å². The van der Waals surface area contributed by atoms with E-state index in [2.05, 4.69) is 10.3 Å². The molecule has 1 saturated heterocycles. The van der Waals surface area contributed by atoms with Gasteiger partial charge in [-0.2, -0.15) is 0 Å². The fourth-order valence-electron chi connectivity index (χ4n) is 4.14. The number of carbonyl (C=O) groups is 2. The van der Waals surface area contributed by atoms with Gasteiger partial charge in [0.15, 0.2) is 0 Å². The maximum Gasteiger partial charge on any atom is 0.415 e. The smallest absolute Gasteiger partial charge is 0.415 e. The molecule has 1 aromatic heterocycles. The van der Waals surface area contributed by atoms with E-state index in [-0.39, 0.29) is 24.0 Å². The SMILES string of the molecule is CCN(CC)c1ccc([N+](=O)[O-])c(N[C@@H](Cc2ccc(OC(=O)N3CCCC3)cc2)C(=O)OC(C)(C)C)n1. The molecule has 0 saturated carbocycles. The predicted octanol–water partition coefficient (Wildman–Crippen LogP) is 4.80. The molecular formula is C27H37N5O6. The molecule has 1 atom stereocenters. The van der Waals surface area contributed by atoms with Crippen LogP contribution in [0, 0.1) is 10.1 Å². The minimum atomic E-state index is -0.953. The highest BCUT2D eigenvalue weighted by Crippen LogP contribution is 2.28. The van der Waals surface area contributed by atoms with E-state index >= 15 is 0 Å². The van der Waals surface area contributed by atoms with Gasteiger partial charge in [-0.05, 0) is 71.2 Å². The van der Waals surface area contributed by atoms with Gasteiger partial charge in [-0.1, -0.05) is 12.1 Å². The third kappa shape index (κ3) is 7.80. The van der Waals surface area contributed by atoms with E-state index in [0.717, 1.165) is 18.4 Å². The number of aromatic nitrogens is 1. The highest BCUT2D eigenvalue weighted by atomic mass is 16.6. The zero-order valence-corrected chi connectivity index (χ0v) is 22.7. The molecule has 1 aliphatic heterocycles. The van der Waals surface area contributed by atoms with Crippen molar-refractivity contribution in [2.75, 3.05) is 36.4 Å². The molecule has 206 valence electrons. The number of carbonyl (C=O) groups excluding carboxylic acids is 2. The molecule has 1 aliphatic rings. The van der Waals surface area contributed by atoms with Crippen molar-refractivity contribution in [1.29, 1.82) is 0 Å². The minimum absolute atomic E-state index is 0.00794. The van der Waals surface area contributed by atoms with Gasteiger partial charge in [-0.25, -0.2) is 14.6 Å². The van der Waals surface area contributed by atoms with Gasteiger partial charge in [-0.15, -0.1) is 0 Å². The summed E-state index contributed by atoms with van der Waals surface area (Å²) >= 11 is 0. The number of nitrogens with one attached hydrogen (secondary N) is 1. The Kier molecular flexibility index (Phi) is 9.49. The molecule has 11 nitrogen and oxygen atoms in total. The van der Waals surface area contributed by atoms with E-state index in [1.165, 1.54) is 6.07 Å². The number of hydrogen-bond donors (Lipinski definition) is 1. The summed E-state index contributed by atoms with van der Waals surface area (Å²) in [5.74, 6) is 0.393. The van der Waals surface area contributed by atoms with Crippen molar-refractivity contribution in [3.63, 3.8) is 0 Å². The van der Waals surface area contributed by atoms with Gasteiger partial charge in [0.25, 0.3) is 0 Å². The summed E-state index contributed by atoms with van der Waals surface area (Å²) in [6.45, 7) is 11.9. The van der Waals surface area contributed by atoms with Gasteiger partial charge < -0.3 is 24.6 Å². The monoisotopic (exact) mass is 527 g/mol. The van der Waals surface area contributed by atoms with Crippen LogP contribution in [0.4, 0.5) is 22.1 Å². The molecule has 1 amide bonds. The Morgan fingerprint density at radius 3 is 2.29 bits per heavy atom. The van der Waals surface area contributed by atoms with Crippen molar-refractivity contribution in [2.24, 2.45) is 0 Å². The van der Waals surface area contributed by atoms with Crippen molar-refractivity contribution in [1.82, 2.24) is 9.88 Å². The minimum Gasteiger partial charge on any atom is -0.458 e. The average molecular weight is 528 g/mol.